The molecule has 6 nitrogen and oxygen atoms in total. The average Bonchev–Trinajstić information content (AvgIpc) is 3.36. The Bertz CT molecular complexity index is 1590. The van der Waals surface area contributed by atoms with Crippen LogP contribution in [0.3, 0.4) is 0 Å². The summed E-state index contributed by atoms with van der Waals surface area (Å²) in [5.41, 5.74) is 2.27. The van der Waals surface area contributed by atoms with Gasteiger partial charge in [0.25, 0.3) is 0 Å². The lowest BCUT2D eigenvalue weighted by atomic mass is 9.95. The molecule has 7 heteroatoms. The molecule has 0 spiro atoms. The van der Waals surface area contributed by atoms with E-state index in [1.54, 1.807) is 48.5 Å². The lowest BCUT2D eigenvalue weighted by Crippen LogP contribution is -2.43. The second kappa shape index (κ2) is 12.1. The van der Waals surface area contributed by atoms with E-state index < -0.39 is 33.8 Å². The summed E-state index contributed by atoms with van der Waals surface area (Å²) < 4.78 is 33.2. The quantitative estimate of drug-likeness (QED) is 0.257. The largest absolute Gasteiger partial charge is 0.447 e. The second-order valence-electron chi connectivity index (χ2n) is 9.64. The number of benzene rings is 4. The highest BCUT2D eigenvalue weighted by Crippen LogP contribution is 2.31. The SMILES string of the molecule is O=C1OC[C@H](Cc2ccccc2)N1C(=O)[C@@H](/C=C(/c1ccccc1)S(=O)(=O)c1ccccc1)Cc1ccccc1. The van der Waals surface area contributed by atoms with Crippen molar-refractivity contribution in [2.45, 2.75) is 23.8 Å². The van der Waals surface area contributed by atoms with Gasteiger partial charge in [0.05, 0.1) is 21.8 Å². The van der Waals surface area contributed by atoms with E-state index in [1.807, 2.05) is 60.7 Å². The third-order valence-corrected chi connectivity index (χ3v) is 8.73. The highest BCUT2D eigenvalue weighted by atomic mass is 32.2. The van der Waals surface area contributed by atoms with Crippen LogP contribution in [0.4, 0.5) is 4.79 Å². The molecule has 1 aliphatic rings. The standard InChI is InChI=1S/C33H29NO5S/c35-32(34-29(24-39-33(34)36)22-26-15-7-2-8-16-26)28(21-25-13-5-1-6-14-25)23-31(27-17-9-3-10-18-27)40(37,38)30-19-11-4-12-20-30/h1-20,23,28-29H,21-22,24H2/b31-23-/t28-,29+/m1/s1. The molecule has 1 aliphatic heterocycles. The summed E-state index contributed by atoms with van der Waals surface area (Å²) in [5.74, 6) is -1.44. The molecule has 0 aliphatic carbocycles. The summed E-state index contributed by atoms with van der Waals surface area (Å²) >= 11 is 0. The molecule has 4 aromatic carbocycles. The Hall–Kier alpha value is -4.49. The predicted molar refractivity (Wildman–Crippen MR) is 154 cm³/mol. The Morgan fingerprint density at radius 2 is 1.32 bits per heavy atom. The minimum absolute atomic E-state index is 0.0146. The van der Waals surface area contributed by atoms with E-state index in [1.165, 1.54) is 18.2 Å². The van der Waals surface area contributed by atoms with Crippen LogP contribution < -0.4 is 0 Å². The van der Waals surface area contributed by atoms with Gasteiger partial charge in [-0.15, -0.1) is 0 Å². The maximum absolute atomic E-state index is 14.2. The molecule has 0 unspecified atom stereocenters. The summed E-state index contributed by atoms with van der Waals surface area (Å²) in [6, 6.07) is 35.3. The normalized spacial score (nSPS) is 16.4. The number of ether oxygens (including phenoxy) is 1. The fraction of sp³-hybridized carbons (Fsp3) is 0.152. The smallest absolute Gasteiger partial charge is 0.417 e. The number of sulfone groups is 1. The predicted octanol–water partition coefficient (Wildman–Crippen LogP) is 5.95. The van der Waals surface area contributed by atoms with E-state index in [2.05, 4.69) is 0 Å². The van der Waals surface area contributed by atoms with E-state index in [9.17, 15) is 18.0 Å². The number of amides is 2. The topological polar surface area (TPSA) is 80.8 Å². The molecule has 2 amide bonds. The number of nitrogens with zero attached hydrogens (tertiary/aromatic N) is 1. The van der Waals surface area contributed by atoms with Crippen LogP contribution in [-0.4, -0.2) is 38.0 Å². The lowest BCUT2D eigenvalue weighted by molar-refractivity contribution is -0.131. The maximum atomic E-state index is 14.2. The first-order valence-electron chi connectivity index (χ1n) is 13.1. The van der Waals surface area contributed by atoms with Gasteiger partial charge in [0.15, 0.2) is 0 Å². The summed E-state index contributed by atoms with van der Waals surface area (Å²) in [7, 11) is -4.00. The molecule has 1 saturated heterocycles. The second-order valence-corrected chi connectivity index (χ2v) is 11.6. The Kier molecular flexibility index (Phi) is 8.22. The first kappa shape index (κ1) is 27.1. The first-order valence-corrected chi connectivity index (χ1v) is 14.6. The number of imide groups is 1. The van der Waals surface area contributed by atoms with Crippen molar-refractivity contribution < 1.29 is 22.7 Å². The van der Waals surface area contributed by atoms with Crippen LogP contribution in [-0.2, 0) is 32.2 Å². The zero-order valence-electron chi connectivity index (χ0n) is 21.8. The molecule has 4 aromatic rings. The van der Waals surface area contributed by atoms with Crippen molar-refractivity contribution in [1.82, 2.24) is 4.90 Å². The third-order valence-electron chi connectivity index (χ3n) is 6.88. The Morgan fingerprint density at radius 1 is 0.800 bits per heavy atom. The Balaban J connectivity index is 1.59. The highest BCUT2D eigenvalue weighted by Gasteiger charge is 2.41. The van der Waals surface area contributed by atoms with Crippen LogP contribution in [0.15, 0.2) is 132 Å². The van der Waals surface area contributed by atoms with Gasteiger partial charge in [-0.3, -0.25) is 4.79 Å². The molecule has 0 aromatic heterocycles. The number of cyclic esters (lactones) is 1. The van der Waals surface area contributed by atoms with Gasteiger partial charge >= 0.3 is 6.09 Å². The van der Waals surface area contributed by atoms with Gasteiger partial charge in [-0.2, -0.15) is 0 Å². The zero-order valence-corrected chi connectivity index (χ0v) is 22.6. The van der Waals surface area contributed by atoms with Crippen LogP contribution >= 0.6 is 0 Å². The summed E-state index contributed by atoms with van der Waals surface area (Å²) in [5, 5.41) is 0. The van der Waals surface area contributed by atoms with E-state index in [0.29, 0.717) is 12.0 Å². The van der Waals surface area contributed by atoms with Crippen molar-refractivity contribution in [3.63, 3.8) is 0 Å². The monoisotopic (exact) mass is 551 g/mol. The van der Waals surface area contributed by atoms with Crippen LogP contribution in [0, 0.1) is 5.92 Å². The van der Waals surface area contributed by atoms with E-state index in [0.717, 1.165) is 16.0 Å². The van der Waals surface area contributed by atoms with Gasteiger partial charge in [0.2, 0.25) is 15.7 Å². The van der Waals surface area contributed by atoms with Crippen LogP contribution in [0.2, 0.25) is 0 Å². The molecule has 5 rings (SSSR count). The van der Waals surface area contributed by atoms with Crippen molar-refractivity contribution in [3.05, 3.63) is 144 Å². The van der Waals surface area contributed by atoms with Gasteiger partial charge in [-0.1, -0.05) is 115 Å². The van der Waals surface area contributed by atoms with Crippen molar-refractivity contribution in [2.75, 3.05) is 6.61 Å². The fourth-order valence-corrected chi connectivity index (χ4v) is 6.44. The van der Waals surface area contributed by atoms with Crippen LogP contribution in [0.25, 0.3) is 4.91 Å². The molecule has 0 saturated carbocycles. The Labute approximate surface area is 234 Å². The molecule has 202 valence electrons. The molecule has 1 fully saturated rings. The van der Waals surface area contributed by atoms with Crippen molar-refractivity contribution >= 4 is 26.7 Å². The van der Waals surface area contributed by atoms with Crippen LogP contribution in [0.1, 0.15) is 16.7 Å². The van der Waals surface area contributed by atoms with E-state index in [4.69, 9.17) is 4.74 Å². The lowest BCUT2D eigenvalue weighted by Gasteiger charge is -2.24. The average molecular weight is 552 g/mol. The molecule has 2 atom stereocenters. The third kappa shape index (κ3) is 6.05. The molecular weight excluding hydrogens is 522 g/mol. The number of carbonyl (C=O) groups excluding carboxylic acids is 2. The Morgan fingerprint density at radius 3 is 1.93 bits per heavy atom. The zero-order chi connectivity index (χ0) is 28.0. The number of carbonyl (C=O) groups is 2. The summed E-state index contributed by atoms with van der Waals surface area (Å²) in [6.45, 7) is 0.0785. The van der Waals surface area contributed by atoms with Crippen molar-refractivity contribution in [3.8, 4) is 0 Å². The summed E-state index contributed by atoms with van der Waals surface area (Å²) in [4.78, 5) is 28.4. The fourth-order valence-electron chi connectivity index (χ4n) is 4.88. The van der Waals surface area contributed by atoms with Crippen molar-refractivity contribution in [1.29, 1.82) is 0 Å². The number of hydrogen-bond donors (Lipinski definition) is 0. The van der Waals surface area contributed by atoms with Crippen molar-refractivity contribution in [2.24, 2.45) is 5.92 Å². The number of rotatable bonds is 9. The molecule has 1 heterocycles. The molecule has 0 radical (unpaired) electrons. The van der Waals surface area contributed by atoms with Gasteiger partial charge in [0.1, 0.15) is 6.61 Å². The molecule has 40 heavy (non-hydrogen) atoms. The molecule has 0 bridgehead atoms. The van der Waals surface area contributed by atoms with E-state index >= 15 is 0 Å². The maximum Gasteiger partial charge on any atom is 0.417 e. The molecule has 0 N–H and O–H groups in total. The van der Waals surface area contributed by atoms with Gasteiger partial charge in [-0.05, 0) is 41.7 Å². The highest BCUT2D eigenvalue weighted by molar-refractivity contribution is 8.00. The number of hydrogen-bond acceptors (Lipinski definition) is 5. The van der Waals surface area contributed by atoms with Crippen LogP contribution in [0.5, 0.6) is 0 Å². The minimum Gasteiger partial charge on any atom is -0.447 e. The van der Waals surface area contributed by atoms with Gasteiger partial charge in [0, 0.05) is 0 Å². The minimum atomic E-state index is -4.00. The summed E-state index contributed by atoms with van der Waals surface area (Å²) in [6.07, 6.45) is 1.43. The first-order chi connectivity index (χ1) is 19.4. The molecular formula is C33H29NO5S. The van der Waals surface area contributed by atoms with Gasteiger partial charge < -0.3 is 4.74 Å². The van der Waals surface area contributed by atoms with Gasteiger partial charge in [-0.25, -0.2) is 18.1 Å². The van der Waals surface area contributed by atoms with E-state index in [-0.39, 0.29) is 22.8 Å².